The van der Waals surface area contributed by atoms with E-state index in [1.165, 1.54) is 13.8 Å². The fraction of sp³-hybridized carbons (Fsp3) is 0.412. The molecular weight excluding hydrogens is 375 g/mol. The molecule has 0 aliphatic carbocycles. The Balaban J connectivity index is 2.59. The molecule has 1 amide bonds. The van der Waals surface area contributed by atoms with Gasteiger partial charge in [0.15, 0.2) is 5.60 Å². The number of hydrogen-bond donors (Lipinski definition) is 2. The number of nitriles is 1. The van der Waals surface area contributed by atoms with Crippen LogP contribution in [0.15, 0.2) is 24.0 Å². The van der Waals surface area contributed by atoms with Crippen molar-refractivity contribution in [1.82, 2.24) is 5.32 Å². The molecule has 0 saturated carbocycles. The largest absolute Gasteiger partial charge is 0.507 e. The summed E-state index contributed by atoms with van der Waals surface area (Å²) in [6.07, 6.45) is -5.89. The summed E-state index contributed by atoms with van der Waals surface area (Å²) in [5.41, 5.74) is -3.70. The van der Waals surface area contributed by atoms with Gasteiger partial charge in [0.2, 0.25) is 0 Å². The summed E-state index contributed by atoms with van der Waals surface area (Å²) < 4.78 is 70.8. The van der Waals surface area contributed by atoms with Gasteiger partial charge in [-0.25, -0.2) is 0 Å². The molecule has 0 atom stereocenters. The van der Waals surface area contributed by atoms with Crippen LogP contribution in [-0.2, 0) is 10.7 Å². The number of halogens is 5. The molecule has 1 aliphatic rings. The van der Waals surface area contributed by atoms with Crippen molar-refractivity contribution in [3.05, 3.63) is 35.1 Å². The van der Waals surface area contributed by atoms with Crippen LogP contribution in [0.3, 0.4) is 0 Å². The molecule has 0 bridgehead atoms. The second kappa shape index (κ2) is 6.72. The van der Waals surface area contributed by atoms with Crippen molar-refractivity contribution in [1.29, 1.82) is 5.26 Å². The molecule has 0 spiro atoms. The van der Waals surface area contributed by atoms with Crippen molar-refractivity contribution in [3.8, 4) is 11.8 Å². The number of carbonyl (C=O) groups excluding carboxylic acids is 1. The Morgan fingerprint density at radius 1 is 1.30 bits per heavy atom. The zero-order valence-electron chi connectivity index (χ0n) is 14.2. The summed E-state index contributed by atoms with van der Waals surface area (Å²) in [5, 5.41) is 21.2. The van der Waals surface area contributed by atoms with E-state index < -0.39 is 46.1 Å². The van der Waals surface area contributed by atoms with Crippen molar-refractivity contribution in [2.45, 2.75) is 38.0 Å². The number of rotatable bonds is 4. The number of nitrogens with one attached hydrogen (secondary N) is 1. The van der Waals surface area contributed by atoms with Crippen LogP contribution in [0.5, 0.6) is 5.75 Å². The monoisotopic (exact) mass is 390 g/mol. The summed E-state index contributed by atoms with van der Waals surface area (Å²) in [6, 6.07) is 3.68. The molecular formula is C17H15F5N2O3. The van der Waals surface area contributed by atoms with Crippen LogP contribution in [0.4, 0.5) is 22.0 Å². The number of hydrogen-bond acceptors (Lipinski definition) is 4. The lowest BCUT2D eigenvalue weighted by atomic mass is 9.90. The van der Waals surface area contributed by atoms with E-state index in [1.54, 1.807) is 6.07 Å². The lowest BCUT2D eigenvalue weighted by molar-refractivity contribution is -0.289. The molecule has 0 radical (unpaired) electrons. The minimum atomic E-state index is -5.84. The van der Waals surface area contributed by atoms with Crippen LogP contribution in [-0.4, -0.2) is 29.3 Å². The molecule has 1 aromatic carbocycles. The molecule has 1 aliphatic heterocycles. The van der Waals surface area contributed by atoms with Crippen LogP contribution in [0.2, 0.25) is 0 Å². The molecule has 1 heterocycles. The molecule has 2 rings (SSSR count). The summed E-state index contributed by atoms with van der Waals surface area (Å²) in [4.78, 5) is 12.4. The summed E-state index contributed by atoms with van der Waals surface area (Å²) >= 11 is 0. The summed E-state index contributed by atoms with van der Waals surface area (Å²) in [6.45, 7) is 2.69. The van der Waals surface area contributed by atoms with Gasteiger partial charge in [-0.1, -0.05) is 0 Å². The van der Waals surface area contributed by atoms with Crippen LogP contribution in [0, 0.1) is 11.3 Å². The van der Waals surface area contributed by atoms with Gasteiger partial charge in [-0.3, -0.25) is 4.79 Å². The van der Waals surface area contributed by atoms with E-state index >= 15 is 0 Å². The first-order valence-electron chi connectivity index (χ1n) is 7.70. The highest BCUT2D eigenvalue weighted by atomic mass is 19.4. The van der Waals surface area contributed by atoms with Crippen molar-refractivity contribution >= 4 is 11.5 Å². The molecule has 0 fully saturated rings. The normalized spacial score (nSPS) is 16.2. The average molecular weight is 390 g/mol. The Bertz CT molecular complexity index is 838. The first-order chi connectivity index (χ1) is 12.3. The van der Waals surface area contributed by atoms with Crippen molar-refractivity contribution < 1.29 is 36.6 Å². The van der Waals surface area contributed by atoms with Gasteiger partial charge < -0.3 is 15.2 Å². The molecule has 5 nitrogen and oxygen atoms in total. The highest BCUT2D eigenvalue weighted by Gasteiger charge is 2.59. The van der Waals surface area contributed by atoms with Crippen LogP contribution in [0.25, 0.3) is 5.57 Å². The van der Waals surface area contributed by atoms with Gasteiger partial charge in [0.1, 0.15) is 11.5 Å². The first kappa shape index (κ1) is 20.5. The van der Waals surface area contributed by atoms with E-state index in [4.69, 9.17) is 10.00 Å². The number of aliphatic hydroxyl groups is 1. The van der Waals surface area contributed by atoms with Crippen LogP contribution < -0.4 is 10.1 Å². The number of amides is 1. The van der Waals surface area contributed by atoms with Crippen molar-refractivity contribution in [2.75, 3.05) is 6.54 Å². The number of aliphatic hydroxyl groups excluding tert-OH is 1. The Morgan fingerprint density at radius 2 is 1.93 bits per heavy atom. The lowest BCUT2D eigenvalue weighted by Crippen LogP contribution is -2.39. The predicted molar refractivity (Wildman–Crippen MR) is 83.9 cm³/mol. The van der Waals surface area contributed by atoms with Crippen LogP contribution >= 0.6 is 0 Å². The molecule has 1 aromatic rings. The van der Waals surface area contributed by atoms with E-state index in [0.29, 0.717) is 12.1 Å². The molecule has 0 aromatic heterocycles. The van der Waals surface area contributed by atoms with Crippen LogP contribution in [0.1, 0.15) is 31.4 Å². The number of carbonyl (C=O) groups is 1. The summed E-state index contributed by atoms with van der Waals surface area (Å²) in [5.74, 6) is -6.85. The summed E-state index contributed by atoms with van der Waals surface area (Å²) in [7, 11) is 0. The highest BCUT2D eigenvalue weighted by molar-refractivity contribution is 6.21. The Labute approximate surface area is 151 Å². The molecule has 2 N–H and O–H groups in total. The molecule has 146 valence electrons. The van der Waals surface area contributed by atoms with E-state index in [2.05, 4.69) is 5.32 Å². The number of benzene rings is 1. The zero-order chi connectivity index (χ0) is 20.6. The van der Waals surface area contributed by atoms with Crippen molar-refractivity contribution in [3.63, 3.8) is 0 Å². The minimum absolute atomic E-state index is 0.0568. The van der Waals surface area contributed by atoms with Gasteiger partial charge in [0.05, 0.1) is 18.1 Å². The van der Waals surface area contributed by atoms with Gasteiger partial charge >= 0.3 is 12.1 Å². The number of fused-ring (bicyclic) bond motifs is 1. The number of alkyl halides is 5. The fourth-order valence-electron chi connectivity index (χ4n) is 2.48. The predicted octanol–water partition coefficient (Wildman–Crippen LogP) is 3.81. The van der Waals surface area contributed by atoms with Gasteiger partial charge in [-0.05, 0) is 32.0 Å². The lowest BCUT2D eigenvalue weighted by Gasteiger charge is -2.34. The maximum absolute atomic E-state index is 13.7. The minimum Gasteiger partial charge on any atom is -0.507 e. The smallest absolute Gasteiger partial charge is 0.458 e. The molecule has 0 unspecified atom stereocenters. The van der Waals surface area contributed by atoms with Gasteiger partial charge in [0.25, 0.3) is 5.91 Å². The third-order valence-electron chi connectivity index (χ3n) is 3.89. The fourth-order valence-corrected chi connectivity index (χ4v) is 2.48. The maximum Gasteiger partial charge on any atom is 0.458 e. The molecule has 0 saturated heterocycles. The van der Waals surface area contributed by atoms with Gasteiger partial charge in [-0.15, -0.1) is 0 Å². The van der Waals surface area contributed by atoms with E-state index in [9.17, 15) is 31.9 Å². The second-order valence-electron chi connectivity index (χ2n) is 6.28. The highest BCUT2D eigenvalue weighted by Crippen LogP contribution is 2.47. The third-order valence-corrected chi connectivity index (χ3v) is 3.89. The van der Waals surface area contributed by atoms with E-state index in [-0.39, 0.29) is 18.7 Å². The van der Waals surface area contributed by atoms with Crippen molar-refractivity contribution in [2.24, 2.45) is 0 Å². The van der Waals surface area contributed by atoms with E-state index in [1.807, 2.05) is 0 Å². The Hall–Kier alpha value is -2.83. The number of nitrogens with zero attached hydrogens (tertiary/aromatic N) is 1. The topological polar surface area (TPSA) is 82.3 Å². The first-order valence-corrected chi connectivity index (χ1v) is 7.70. The zero-order valence-corrected chi connectivity index (χ0v) is 14.2. The third kappa shape index (κ3) is 3.67. The average Bonchev–Trinajstić information content (AvgIpc) is 2.54. The molecule has 27 heavy (non-hydrogen) atoms. The molecule has 10 heteroatoms. The Kier molecular flexibility index (Phi) is 5.10. The van der Waals surface area contributed by atoms with Gasteiger partial charge in [0, 0.05) is 17.7 Å². The van der Waals surface area contributed by atoms with E-state index in [0.717, 1.165) is 6.07 Å². The second-order valence-corrected chi connectivity index (χ2v) is 6.28. The quantitative estimate of drug-likeness (QED) is 0.605. The number of ether oxygens (including phenoxy) is 1. The Morgan fingerprint density at radius 3 is 2.48 bits per heavy atom. The van der Waals surface area contributed by atoms with Gasteiger partial charge in [-0.2, -0.15) is 27.2 Å². The maximum atomic E-state index is 13.7. The standard InChI is InChI=1S/C17H15F5N2O3/c1-15(2)13(25)12(14(26)24-7-3-6-23)10-8-9(4-5-11(10)27-15)16(18,19)17(20,21)22/h4-5,8,25H,3,7H2,1-2H3,(H,24,26). The SMILES string of the molecule is CC1(C)Oc2ccc(C(F)(F)C(F)(F)F)cc2C(C(=O)NCCC#N)=C1O.